The first kappa shape index (κ1) is 14.4. The van der Waals surface area contributed by atoms with E-state index in [0.29, 0.717) is 5.54 Å². The molecule has 4 aliphatic carbocycles. The van der Waals surface area contributed by atoms with Crippen molar-refractivity contribution in [3.8, 4) is 0 Å². The summed E-state index contributed by atoms with van der Waals surface area (Å²) in [6.07, 6.45) is 10.2. The highest BCUT2D eigenvalue weighted by Crippen LogP contribution is 2.55. The summed E-state index contributed by atoms with van der Waals surface area (Å²) in [5, 5.41) is 3.98. The van der Waals surface area contributed by atoms with Crippen LogP contribution in [-0.2, 0) is 6.42 Å². The third-order valence-corrected chi connectivity index (χ3v) is 5.79. The molecule has 1 N–H and O–H groups in total. The molecule has 110 valence electrons. The van der Waals surface area contributed by atoms with Gasteiger partial charge in [0.2, 0.25) is 0 Å². The molecule has 4 bridgehead atoms. The molecule has 2 heteroatoms. The molecule has 1 nitrogen and oxygen atoms in total. The van der Waals surface area contributed by atoms with Crippen LogP contribution in [0.4, 0.5) is 0 Å². The molecule has 0 atom stereocenters. The highest BCUT2D eigenvalue weighted by Gasteiger charge is 2.50. The van der Waals surface area contributed by atoms with Gasteiger partial charge in [0.15, 0.2) is 0 Å². The standard InChI is InChI=1S/C18H25N.ClH/c1-2-4-14(5-3-1)6-7-19-18-11-15-8-16(12-18)10-17(9-15)13-18;/h1-5,15-17,19H,6-13H2;1H. The summed E-state index contributed by atoms with van der Waals surface area (Å²) < 4.78 is 0. The van der Waals surface area contributed by atoms with E-state index in [4.69, 9.17) is 0 Å². The molecule has 5 rings (SSSR count). The minimum absolute atomic E-state index is 0. The second-order valence-electron chi connectivity index (χ2n) is 7.36. The van der Waals surface area contributed by atoms with Crippen LogP contribution in [0.3, 0.4) is 0 Å². The van der Waals surface area contributed by atoms with Gasteiger partial charge in [-0.25, -0.2) is 0 Å². The molecule has 0 heterocycles. The van der Waals surface area contributed by atoms with E-state index >= 15 is 0 Å². The van der Waals surface area contributed by atoms with Crippen LogP contribution in [0.2, 0.25) is 0 Å². The number of benzene rings is 1. The van der Waals surface area contributed by atoms with Crippen LogP contribution in [-0.4, -0.2) is 12.1 Å². The van der Waals surface area contributed by atoms with Gasteiger partial charge in [-0.3, -0.25) is 0 Å². The molecule has 4 aliphatic rings. The molecule has 1 aromatic carbocycles. The number of hydrogen-bond acceptors (Lipinski definition) is 1. The summed E-state index contributed by atoms with van der Waals surface area (Å²) in [5.74, 6) is 3.15. The largest absolute Gasteiger partial charge is 0.311 e. The lowest BCUT2D eigenvalue weighted by Crippen LogP contribution is -2.58. The highest BCUT2D eigenvalue weighted by atomic mass is 35.5. The van der Waals surface area contributed by atoms with E-state index in [1.54, 1.807) is 19.3 Å². The number of hydrogen-bond donors (Lipinski definition) is 1. The molecule has 1 aromatic rings. The van der Waals surface area contributed by atoms with Crippen LogP contribution in [0.1, 0.15) is 44.1 Å². The van der Waals surface area contributed by atoms with Crippen LogP contribution in [0, 0.1) is 17.8 Å². The molecule has 0 spiro atoms. The van der Waals surface area contributed by atoms with E-state index in [2.05, 4.69) is 35.6 Å². The monoisotopic (exact) mass is 291 g/mol. The topological polar surface area (TPSA) is 12.0 Å². The molecule has 0 saturated heterocycles. The first-order chi connectivity index (χ1) is 9.31. The second kappa shape index (κ2) is 5.69. The molecule has 20 heavy (non-hydrogen) atoms. The zero-order chi connectivity index (χ0) is 12.7. The van der Waals surface area contributed by atoms with Crippen molar-refractivity contribution in [1.82, 2.24) is 5.32 Å². The molecule has 0 amide bonds. The van der Waals surface area contributed by atoms with Gasteiger partial charge in [0.1, 0.15) is 0 Å². The van der Waals surface area contributed by atoms with Crippen molar-refractivity contribution in [3.63, 3.8) is 0 Å². The molecule has 0 unspecified atom stereocenters. The summed E-state index contributed by atoms with van der Waals surface area (Å²) in [7, 11) is 0. The number of rotatable bonds is 4. The van der Waals surface area contributed by atoms with E-state index < -0.39 is 0 Å². The molecule has 4 saturated carbocycles. The molecule has 0 aromatic heterocycles. The van der Waals surface area contributed by atoms with Crippen molar-refractivity contribution >= 4 is 12.4 Å². The van der Waals surface area contributed by atoms with E-state index in [9.17, 15) is 0 Å². The third-order valence-electron chi connectivity index (χ3n) is 5.79. The maximum absolute atomic E-state index is 3.98. The maximum atomic E-state index is 3.98. The SMILES string of the molecule is Cl.c1ccc(CCNC23CC4CC(CC(C4)C2)C3)cc1. The van der Waals surface area contributed by atoms with Crippen LogP contribution in [0.25, 0.3) is 0 Å². The highest BCUT2D eigenvalue weighted by molar-refractivity contribution is 5.85. The third kappa shape index (κ3) is 2.76. The van der Waals surface area contributed by atoms with E-state index in [1.807, 2.05) is 0 Å². The van der Waals surface area contributed by atoms with Crippen molar-refractivity contribution in [2.24, 2.45) is 17.8 Å². The molecular formula is C18H26ClN. The Morgan fingerprint density at radius 2 is 1.45 bits per heavy atom. The van der Waals surface area contributed by atoms with E-state index in [0.717, 1.165) is 24.3 Å². The van der Waals surface area contributed by atoms with Gasteiger partial charge in [0.25, 0.3) is 0 Å². The van der Waals surface area contributed by atoms with Crippen LogP contribution in [0.15, 0.2) is 30.3 Å². The maximum Gasteiger partial charge on any atom is 0.0189 e. The van der Waals surface area contributed by atoms with Gasteiger partial charge in [-0.2, -0.15) is 0 Å². The smallest absolute Gasteiger partial charge is 0.0189 e. The van der Waals surface area contributed by atoms with Crippen molar-refractivity contribution in [2.45, 2.75) is 50.5 Å². The minimum Gasteiger partial charge on any atom is -0.311 e. The lowest BCUT2D eigenvalue weighted by molar-refractivity contribution is -0.0192. The lowest BCUT2D eigenvalue weighted by Gasteiger charge is -2.57. The van der Waals surface area contributed by atoms with Crippen molar-refractivity contribution in [1.29, 1.82) is 0 Å². The van der Waals surface area contributed by atoms with Crippen LogP contribution in [0.5, 0.6) is 0 Å². The Morgan fingerprint density at radius 3 is 2.00 bits per heavy atom. The van der Waals surface area contributed by atoms with Crippen molar-refractivity contribution in [3.05, 3.63) is 35.9 Å². The summed E-state index contributed by atoms with van der Waals surface area (Å²) in [6.45, 7) is 1.16. The van der Waals surface area contributed by atoms with Gasteiger partial charge in [-0.15, -0.1) is 12.4 Å². The fourth-order valence-electron chi connectivity index (χ4n) is 5.44. The second-order valence-corrected chi connectivity index (χ2v) is 7.36. The molecule has 4 fully saturated rings. The fourth-order valence-corrected chi connectivity index (χ4v) is 5.44. The lowest BCUT2D eigenvalue weighted by atomic mass is 9.53. The Balaban J connectivity index is 0.00000121. The van der Waals surface area contributed by atoms with Gasteiger partial charge < -0.3 is 5.32 Å². The average Bonchev–Trinajstić information content (AvgIpc) is 2.38. The zero-order valence-corrected chi connectivity index (χ0v) is 13.0. The van der Waals surface area contributed by atoms with Gasteiger partial charge in [-0.05, 0) is 74.8 Å². The molecule has 0 radical (unpaired) electrons. The Hall–Kier alpha value is -0.530. The Kier molecular flexibility index (Phi) is 4.10. The first-order valence-corrected chi connectivity index (χ1v) is 8.10. The number of halogens is 1. The van der Waals surface area contributed by atoms with E-state index in [-0.39, 0.29) is 12.4 Å². The van der Waals surface area contributed by atoms with Crippen molar-refractivity contribution < 1.29 is 0 Å². The van der Waals surface area contributed by atoms with Gasteiger partial charge in [0.05, 0.1) is 0 Å². The quantitative estimate of drug-likeness (QED) is 0.876. The predicted octanol–water partition coefficient (Wildman–Crippen LogP) is 4.21. The predicted molar refractivity (Wildman–Crippen MR) is 86.3 cm³/mol. The molecular weight excluding hydrogens is 266 g/mol. The number of nitrogens with one attached hydrogen (secondary N) is 1. The van der Waals surface area contributed by atoms with Crippen LogP contribution < -0.4 is 5.32 Å². The molecule has 0 aliphatic heterocycles. The van der Waals surface area contributed by atoms with Crippen LogP contribution >= 0.6 is 12.4 Å². The van der Waals surface area contributed by atoms with Gasteiger partial charge in [0, 0.05) is 5.54 Å². The fraction of sp³-hybridized carbons (Fsp3) is 0.667. The Labute approximate surface area is 128 Å². The van der Waals surface area contributed by atoms with Gasteiger partial charge >= 0.3 is 0 Å². The summed E-state index contributed by atoms with van der Waals surface area (Å²) >= 11 is 0. The summed E-state index contributed by atoms with van der Waals surface area (Å²) in [5.41, 5.74) is 2.00. The van der Waals surface area contributed by atoms with E-state index in [1.165, 1.54) is 31.2 Å². The minimum atomic E-state index is 0. The average molecular weight is 292 g/mol. The van der Waals surface area contributed by atoms with Gasteiger partial charge in [-0.1, -0.05) is 30.3 Å². The summed E-state index contributed by atoms with van der Waals surface area (Å²) in [4.78, 5) is 0. The first-order valence-electron chi connectivity index (χ1n) is 8.10. The zero-order valence-electron chi connectivity index (χ0n) is 12.2. The Morgan fingerprint density at radius 1 is 0.900 bits per heavy atom. The van der Waals surface area contributed by atoms with Crippen molar-refractivity contribution in [2.75, 3.05) is 6.54 Å². The normalized spacial score (nSPS) is 37.7. The Bertz CT molecular complexity index is 407. The summed E-state index contributed by atoms with van der Waals surface area (Å²) in [6, 6.07) is 10.9.